The third kappa shape index (κ3) is 4.52. The maximum absolute atomic E-state index is 10.8. The molecular weight excluding hydrogens is 150 g/mol. The van der Waals surface area contributed by atoms with Crippen LogP contribution in [0.2, 0.25) is 0 Å². The van der Waals surface area contributed by atoms with E-state index in [4.69, 9.17) is 0 Å². The van der Waals surface area contributed by atoms with Crippen molar-refractivity contribution in [1.29, 1.82) is 0 Å². The summed E-state index contributed by atoms with van der Waals surface area (Å²) in [7, 11) is -3.16. The fraction of sp³-hybridized carbons (Fsp3) is 0.667. The van der Waals surface area contributed by atoms with Crippen molar-refractivity contribution in [2.24, 2.45) is 0 Å². The van der Waals surface area contributed by atoms with Crippen molar-refractivity contribution in [3.63, 3.8) is 0 Å². The van der Waals surface area contributed by atoms with Crippen molar-refractivity contribution in [1.82, 2.24) is 4.72 Å². The highest BCUT2D eigenvalue weighted by Gasteiger charge is 2.04. The number of sulfonamides is 1. The molecule has 0 rings (SSSR count). The van der Waals surface area contributed by atoms with Crippen molar-refractivity contribution in [3.8, 4) is 0 Å². The second-order valence-electron chi connectivity index (χ2n) is 2.29. The first-order valence-corrected chi connectivity index (χ1v) is 4.67. The van der Waals surface area contributed by atoms with Crippen LogP contribution in [0.4, 0.5) is 0 Å². The fourth-order valence-corrected chi connectivity index (χ4v) is 1.64. The molecule has 0 aliphatic heterocycles. The molecule has 1 N–H and O–H groups in total. The van der Waals surface area contributed by atoms with Crippen LogP contribution in [-0.2, 0) is 10.0 Å². The predicted octanol–water partition coefficient (Wildman–Crippen LogP) is 0.848. The third-order valence-corrected chi connectivity index (χ3v) is 2.15. The van der Waals surface area contributed by atoms with E-state index in [1.807, 2.05) is 0 Å². The van der Waals surface area contributed by atoms with Crippen molar-refractivity contribution in [2.45, 2.75) is 26.8 Å². The maximum Gasteiger partial charge on any atom is 0.233 e. The van der Waals surface area contributed by atoms with Crippen molar-refractivity contribution >= 4 is 10.0 Å². The van der Waals surface area contributed by atoms with E-state index < -0.39 is 10.0 Å². The summed E-state index contributed by atoms with van der Waals surface area (Å²) in [5, 5.41) is 1.15. The van der Waals surface area contributed by atoms with E-state index in [1.54, 1.807) is 20.8 Å². The van der Waals surface area contributed by atoms with Gasteiger partial charge in [-0.15, -0.1) is 0 Å². The lowest BCUT2D eigenvalue weighted by Crippen LogP contribution is -2.28. The molecule has 0 saturated carbocycles. The number of hydrogen-bond donors (Lipinski definition) is 1. The van der Waals surface area contributed by atoms with Gasteiger partial charge in [0.1, 0.15) is 0 Å². The van der Waals surface area contributed by atoms with Crippen molar-refractivity contribution < 1.29 is 8.42 Å². The Bertz CT molecular complexity index is 204. The van der Waals surface area contributed by atoms with Crippen LogP contribution >= 0.6 is 0 Å². The molecule has 0 aromatic heterocycles. The highest BCUT2D eigenvalue weighted by molar-refractivity contribution is 7.92. The zero-order valence-corrected chi connectivity index (χ0v) is 7.27. The Balaban J connectivity index is 4.16. The minimum atomic E-state index is -3.16. The molecular formula is C6H13NO2S. The zero-order valence-electron chi connectivity index (χ0n) is 6.46. The number of allylic oxidation sites excluding steroid dienone is 1. The lowest BCUT2D eigenvalue weighted by Gasteiger charge is -2.04. The molecule has 0 aromatic rings. The first-order chi connectivity index (χ1) is 4.48. The predicted molar refractivity (Wildman–Crippen MR) is 42.0 cm³/mol. The topological polar surface area (TPSA) is 46.2 Å². The molecule has 3 nitrogen and oxygen atoms in total. The Kier molecular flexibility index (Phi) is 3.60. The van der Waals surface area contributed by atoms with Crippen LogP contribution in [0.1, 0.15) is 20.8 Å². The Morgan fingerprint density at radius 1 is 1.40 bits per heavy atom. The van der Waals surface area contributed by atoms with Crippen LogP contribution in [0.3, 0.4) is 0 Å². The molecule has 0 bridgehead atoms. The number of nitrogens with one attached hydrogen (secondary N) is 1. The zero-order chi connectivity index (χ0) is 8.20. The molecule has 0 fully saturated rings. The van der Waals surface area contributed by atoms with Crippen LogP contribution in [0.5, 0.6) is 0 Å². The van der Waals surface area contributed by atoms with E-state index in [1.165, 1.54) is 6.08 Å². The average Bonchev–Trinajstić information content (AvgIpc) is 1.59. The SMILES string of the molecule is C/C=C/S(=O)(=O)NC(C)C. The molecule has 0 radical (unpaired) electrons. The van der Waals surface area contributed by atoms with Gasteiger partial charge in [-0.2, -0.15) is 0 Å². The normalized spacial score (nSPS) is 13.2. The fourth-order valence-electron chi connectivity index (χ4n) is 0.547. The summed E-state index contributed by atoms with van der Waals surface area (Å²) in [5.74, 6) is 0. The minimum Gasteiger partial charge on any atom is -0.209 e. The van der Waals surface area contributed by atoms with Gasteiger partial charge in [0.25, 0.3) is 0 Å². The van der Waals surface area contributed by atoms with Crippen molar-refractivity contribution in [3.05, 3.63) is 11.5 Å². The Morgan fingerprint density at radius 3 is 2.20 bits per heavy atom. The summed E-state index contributed by atoms with van der Waals surface area (Å²) in [6.07, 6.45) is 1.49. The van der Waals surface area contributed by atoms with Gasteiger partial charge in [-0.05, 0) is 20.8 Å². The summed E-state index contributed by atoms with van der Waals surface area (Å²) in [6, 6.07) is -0.0406. The first-order valence-electron chi connectivity index (χ1n) is 3.13. The van der Waals surface area contributed by atoms with E-state index >= 15 is 0 Å². The van der Waals surface area contributed by atoms with E-state index in [2.05, 4.69) is 4.72 Å². The highest BCUT2D eigenvalue weighted by Crippen LogP contribution is 1.89. The number of rotatable bonds is 3. The van der Waals surface area contributed by atoms with Gasteiger partial charge in [-0.3, -0.25) is 0 Å². The molecule has 0 aromatic carbocycles. The van der Waals surface area contributed by atoms with E-state index in [0.29, 0.717) is 0 Å². The van der Waals surface area contributed by atoms with Crippen LogP contribution in [0.15, 0.2) is 11.5 Å². The molecule has 0 unspecified atom stereocenters. The summed E-state index contributed by atoms with van der Waals surface area (Å²) >= 11 is 0. The monoisotopic (exact) mass is 163 g/mol. The van der Waals surface area contributed by atoms with Crippen LogP contribution in [-0.4, -0.2) is 14.5 Å². The van der Waals surface area contributed by atoms with E-state index in [9.17, 15) is 8.42 Å². The summed E-state index contributed by atoms with van der Waals surface area (Å²) in [6.45, 7) is 5.22. The molecule has 4 heteroatoms. The highest BCUT2D eigenvalue weighted by atomic mass is 32.2. The minimum absolute atomic E-state index is 0.0406. The second kappa shape index (κ2) is 3.73. The van der Waals surface area contributed by atoms with Gasteiger partial charge in [0.05, 0.1) is 0 Å². The van der Waals surface area contributed by atoms with Gasteiger partial charge in [0, 0.05) is 11.4 Å². The van der Waals surface area contributed by atoms with Gasteiger partial charge in [0.2, 0.25) is 10.0 Å². The molecule has 0 aliphatic carbocycles. The Hall–Kier alpha value is -0.350. The quantitative estimate of drug-likeness (QED) is 0.670. The lowest BCUT2D eigenvalue weighted by atomic mass is 10.4. The molecule has 0 spiro atoms. The van der Waals surface area contributed by atoms with Crippen LogP contribution < -0.4 is 4.72 Å². The second-order valence-corrected chi connectivity index (χ2v) is 3.88. The number of hydrogen-bond acceptors (Lipinski definition) is 2. The van der Waals surface area contributed by atoms with Gasteiger partial charge in [0.15, 0.2) is 0 Å². The summed E-state index contributed by atoms with van der Waals surface area (Å²) in [5.41, 5.74) is 0. The van der Waals surface area contributed by atoms with Crippen LogP contribution in [0.25, 0.3) is 0 Å². The molecule has 0 atom stereocenters. The smallest absolute Gasteiger partial charge is 0.209 e. The summed E-state index contributed by atoms with van der Waals surface area (Å²) < 4.78 is 24.1. The molecule has 0 amide bonds. The van der Waals surface area contributed by atoms with Gasteiger partial charge >= 0.3 is 0 Å². The molecule has 10 heavy (non-hydrogen) atoms. The third-order valence-electron chi connectivity index (χ3n) is 0.715. The van der Waals surface area contributed by atoms with Crippen molar-refractivity contribution in [2.75, 3.05) is 0 Å². The molecule has 0 aliphatic rings. The van der Waals surface area contributed by atoms with Gasteiger partial charge in [-0.1, -0.05) is 6.08 Å². The Morgan fingerprint density at radius 2 is 1.90 bits per heavy atom. The van der Waals surface area contributed by atoms with E-state index in [-0.39, 0.29) is 6.04 Å². The summed E-state index contributed by atoms with van der Waals surface area (Å²) in [4.78, 5) is 0. The standard InChI is InChI=1S/C6H13NO2S/c1-4-5-10(8,9)7-6(2)3/h4-7H,1-3H3/b5-4+. The maximum atomic E-state index is 10.8. The average molecular weight is 163 g/mol. The molecule has 0 heterocycles. The van der Waals surface area contributed by atoms with E-state index in [0.717, 1.165) is 5.41 Å². The van der Waals surface area contributed by atoms with Gasteiger partial charge in [-0.25, -0.2) is 13.1 Å². The van der Waals surface area contributed by atoms with Gasteiger partial charge < -0.3 is 0 Å². The largest absolute Gasteiger partial charge is 0.233 e. The Labute approximate surface area is 62.2 Å². The first kappa shape index (κ1) is 9.65. The molecule has 60 valence electrons. The lowest BCUT2D eigenvalue weighted by molar-refractivity contribution is 0.579. The van der Waals surface area contributed by atoms with Crippen LogP contribution in [0, 0.1) is 0 Å². The molecule has 0 saturated heterocycles.